The highest BCUT2D eigenvalue weighted by Crippen LogP contribution is 2.17. The molecule has 1 aromatic rings. The monoisotopic (exact) mass is 346 g/mol. The van der Waals surface area contributed by atoms with E-state index in [4.69, 9.17) is 4.74 Å². The van der Waals surface area contributed by atoms with Crippen LogP contribution in [0.3, 0.4) is 0 Å². The van der Waals surface area contributed by atoms with Gasteiger partial charge in [0.2, 0.25) is 0 Å². The molecule has 0 radical (unpaired) electrons. The van der Waals surface area contributed by atoms with Crippen molar-refractivity contribution in [3.8, 4) is 0 Å². The lowest BCUT2D eigenvalue weighted by atomic mass is 9.98. The molecule has 0 aromatic heterocycles. The Balaban J connectivity index is 1.39. The van der Waals surface area contributed by atoms with Crippen molar-refractivity contribution in [3.05, 3.63) is 35.4 Å². The average Bonchev–Trinajstić information content (AvgIpc) is 3.08. The van der Waals surface area contributed by atoms with Crippen LogP contribution in [-0.2, 0) is 17.7 Å². The van der Waals surface area contributed by atoms with E-state index in [0.29, 0.717) is 6.10 Å². The maximum absolute atomic E-state index is 9.84. The van der Waals surface area contributed by atoms with Crippen molar-refractivity contribution in [2.45, 2.75) is 57.8 Å². The zero-order chi connectivity index (χ0) is 17.7. The molecule has 2 aliphatic heterocycles. The molecule has 2 aliphatic rings. The van der Waals surface area contributed by atoms with Crippen molar-refractivity contribution in [1.82, 2.24) is 9.80 Å². The highest BCUT2D eigenvalue weighted by molar-refractivity contribution is 5.22. The minimum atomic E-state index is -0.581. The summed E-state index contributed by atoms with van der Waals surface area (Å²) in [5, 5.41) is 9.84. The van der Waals surface area contributed by atoms with Crippen LogP contribution in [0.25, 0.3) is 0 Å². The zero-order valence-corrected chi connectivity index (χ0v) is 15.9. The van der Waals surface area contributed by atoms with Crippen molar-refractivity contribution >= 4 is 0 Å². The van der Waals surface area contributed by atoms with Crippen LogP contribution in [0.2, 0.25) is 0 Å². The van der Waals surface area contributed by atoms with Crippen LogP contribution in [0, 0.1) is 0 Å². The normalized spacial score (nSPS) is 23.2. The Labute approximate surface area is 152 Å². The SMILES string of the molecule is CC(C)(O)CCc1ccc(CN2CCN(CC3CCCO3)CC2)cc1. The smallest absolute Gasteiger partial charge is 0.0702 e. The summed E-state index contributed by atoms with van der Waals surface area (Å²) in [5.41, 5.74) is 2.12. The molecule has 2 heterocycles. The number of rotatable bonds is 7. The van der Waals surface area contributed by atoms with E-state index in [1.807, 2.05) is 13.8 Å². The summed E-state index contributed by atoms with van der Waals surface area (Å²) in [6, 6.07) is 8.93. The molecule has 0 bridgehead atoms. The van der Waals surface area contributed by atoms with E-state index in [9.17, 15) is 5.11 Å². The third-order valence-corrected chi connectivity index (χ3v) is 5.41. The fourth-order valence-corrected chi connectivity index (χ4v) is 3.73. The zero-order valence-electron chi connectivity index (χ0n) is 15.9. The summed E-state index contributed by atoms with van der Waals surface area (Å²) in [4.78, 5) is 5.12. The van der Waals surface area contributed by atoms with Crippen molar-refractivity contribution in [3.63, 3.8) is 0 Å². The number of benzene rings is 1. The van der Waals surface area contributed by atoms with Crippen molar-refractivity contribution in [2.75, 3.05) is 39.3 Å². The maximum Gasteiger partial charge on any atom is 0.0702 e. The van der Waals surface area contributed by atoms with Crippen LogP contribution in [0.5, 0.6) is 0 Å². The van der Waals surface area contributed by atoms with Gasteiger partial charge in [-0.25, -0.2) is 0 Å². The van der Waals surface area contributed by atoms with Gasteiger partial charge in [0.1, 0.15) is 0 Å². The lowest BCUT2D eigenvalue weighted by Crippen LogP contribution is -2.48. The molecular formula is C21H34N2O2. The van der Waals surface area contributed by atoms with Gasteiger partial charge in [0.15, 0.2) is 0 Å². The summed E-state index contributed by atoms with van der Waals surface area (Å²) >= 11 is 0. The molecule has 3 rings (SSSR count). The predicted molar refractivity (Wildman–Crippen MR) is 102 cm³/mol. The standard InChI is InChI=1S/C21H34N2O2/c1-21(2,24)10-9-18-5-7-19(8-6-18)16-22-11-13-23(14-12-22)17-20-4-3-15-25-20/h5-8,20,24H,3-4,9-17H2,1-2H3. The van der Waals surface area contributed by atoms with Crippen LogP contribution in [0.1, 0.15) is 44.2 Å². The second kappa shape index (κ2) is 8.63. The number of hydrogen-bond acceptors (Lipinski definition) is 4. The fraction of sp³-hybridized carbons (Fsp3) is 0.714. The van der Waals surface area contributed by atoms with Crippen LogP contribution in [0.15, 0.2) is 24.3 Å². The highest BCUT2D eigenvalue weighted by atomic mass is 16.5. The molecule has 1 aromatic carbocycles. The Bertz CT molecular complexity index is 510. The molecule has 2 saturated heterocycles. The third kappa shape index (κ3) is 6.37. The first-order valence-corrected chi connectivity index (χ1v) is 9.84. The molecule has 4 heteroatoms. The Hall–Kier alpha value is -0.940. The topological polar surface area (TPSA) is 35.9 Å². The van der Waals surface area contributed by atoms with E-state index < -0.39 is 5.60 Å². The summed E-state index contributed by atoms with van der Waals surface area (Å²) in [7, 11) is 0. The van der Waals surface area contributed by atoms with Gasteiger partial charge in [-0.1, -0.05) is 24.3 Å². The van der Waals surface area contributed by atoms with Gasteiger partial charge < -0.3 is 9.84 Å². The van der Waals surface area contributed by atoms with Crippen molar-refractivity contribution in [1.29, 1.82) is 0 Å². The van der Waals surface area contributed by atoms with Gasteiger partial charge in [-0.05, 0) is 50.7 Å². The summed E-state index contributed by atoms with van der Waals surface area (Å²) in [6.07, 6.45) is 4.68. The van der Waals surface area contributed by atoms with Gasteiger partial charge in [0.05, 0.1) is 11.7 Å². The van der Waals surface area contributed by atoms with E-state index in [0.717, 1.165) is 58.7 Å². The van der Waals surface area contributed by atoms with Crippen LogP contribution >= 0.6 is 0 Å². The van der Waals surface area contributed by atoms with Gasteiger partial charge in [-0.15, -0.1) is 0 Å². The predicted octanol–water partition coefficient (Wildman–Crippen LogP) is 2.69. The van der Waals surface area contributed by atoms with Crippen LogP contribution in [0.4, 0.5) is 0 Å². The molecule has 0 spiro atoms. The molecule has 25 heavy (non-hydrogen) atoms. The second-order valence-electron chi connectivity index (χ2n) is 8.34. The quantitative estimate of drug-likeness (QED) is 0.823. The summed E-state index contributed by atoms with van der Waals surface area (Å²) < 4.78 is 5.76. The third-order valence-electron chi connectivity index (χ3n) is 5.41. The fourth-order valence-electron chi connectivity index (χ4n) is 3.73. The van der Waals surface area contributed by atoms with Gasteiger partial charge in [-0.2, -0.15) is 0 Å². The van der Waals surface area contributed by atoms with Gasteiger partial charge in [-0.3, -0.25) is 9.80 Å². The Morgan fingerprint density at radius 1 is 1.04 bits per heavy atom. The molecule has 1 N–H and O–H groups in total. The molecule has 1 atom stereocenters. The Morgan fingerprint density at radius 2 is 1.68 bits per heavy atom. The Morgan fingerprint density at radius 3 is 2.28 bits per heavy atom. The summed E-state index contributed by atoms with van der Waals surface area (Å²) in [6.45, 7) is 11.5. The van der Waals surface area contributed by atoms with Gasteiger partial charge in [0, 0.05) is 45.9 Å². The minimum Gasteiger partial charge on any atom is -0.390 e. The Kier molecular flexibility index (Phi) is 6.50. The molecule has 1 unspecified atom stereocenters. The number of piperazine rings is 1. The minimum absolute atomic E-state index is 0.475. The van der Waals surface area contributed by atoms with Gasteiger partial charge in [0.25, 0.3) is 0 Å². The first-order chi connectivity index (χ1) is 12.0. The molecular weight excluding hydrogens is 312 g/mol. The lowest BCUT2D eigenvalue weighted by Gasteiger charge is -2.35. The number of aryl methyl sites for hydroxylation is 1. The molecule has 2 fully saturated rings. The number of nitrogens with zero attached hydrogens (tertiary/aromatic N) is 2. The second-order valence-corrected chi connectivity index (χ2v) is 8.34. The largest absolute Gasteiger partial charge is 0.390 e. The van der Waals surface area contributed by atoms with Crippen LogP contribution in [-0.4, -0.2) is 65.9 Å². The lowest BCUT2D eigenvalue weighted by molar-refractivity contribution is 0.0489. The van der Waals surface area contributed by atoms with E-state index in [1.54, 1.807) is 0 Å². The first-order valence-electron chi connectivity index (χ1n) is 9.84. The molecule has 140 valence electrons. The van der Waals surface area contributed by atoms with E-state index in [-0.39, 0.29) is 0 Å². The summed E-state index contributed by atoms with van der Waals surface area (Å²) in [5.74, 6) is 0. The van der Waals surface area contributed by atoms with Crippen molar-refractivity contribution < 1.29 is 9.84 Å². The van der Waals surface area contributed by atoms with E-state index in [1.165, 1.54) is 24.0 Å². The number of ether oxygens (including phenoxy) is 1. The van der Waals surface area contributed by atoms with Crippen molar-refractivity contribution in [2.24, 2.45) is 0 Å². The average molecular weight is 347 g/mol. The van der Waals surface area contributed by atoms with Crippen LogP contribution < -0.4 is 0 Å². The van der Waals surface area contributed by atoms with E-state index >= 15 is 0 Å². The maximum atomic E-state index is 9.84. The number of hydrogen-bond donors (Lipinski definition) is 1. The van der Waals surface area contributed by atoms with Gasteiger partial charge >= 0.3 is 0 Å². The van der Waals surface area contributed by atoms with E-state index in [2.05, 4.69) is 34.1 Å². The highest BCUT2D eigenvalue weighted by Gasteiger charge is 2.22. The molecule has 0 amide bonds. The number of aliphatic hydroxyl groups is 1. The molecule has 0 saturated carbocycles. The molecule has 4 nitrogen and oxygen atoms in total. The first kappa shape index (κ1) is 18.8. The molecule has 0 aliphatic carbocycles.